The van der Waals surface area contributed by atoms with Crippen molar-refractivity contribution in [3.05, 3.63) is 35.9 Å². The summed E-state index contributed by atoms with van der Waals surface area (Å²) >= 11 is 0. The van der Waals surface area contributed by atoms with Crippen molar-refractivity contribution in [3.63, 3.8) is 0 Å². The predicted octanol–water partition coefficient (Wildman–Crippen LogP) is 1.98. The van der Waals surface area contributed by atoms with Crippen molar-refractivity contribution in [2.45, 2.75) is 56.6 Å². The maximum Gasteiger partial charge on any atom is 0.184 e. The number of benzene rings is 1. The summed E-state index contributed by atoms with van der Waals surface area (Å²) in [6.07, 6.45) is 1.71. The van der Waals surface area contributed by atoms with Crippen molar-refractivity contribution in [2.24, 2.45) is 0 Å². The van der Waals surface area contributed by atoms with E-state index in [1.807, 2.05) is 30.3 Å². The Labute approximate surface area is 130 Å². The van der Waals surface area contributed by atoms with Gasteiger partial charge in [0.05, 0.1) is 18.7 Å². The SMILES string of the molecule is CCCCO[C@@H]1O[C@@H]2CO[C@@H](c3ccccc3)O[C@H]2[C@H]2N[C@@H]12. The first kappa shape index (κ1) is 14.6. The molecule has 1 aromatic carbocycles. The molecule has 0 amide bonds. The highest BCUT2D eigenvalue weighted by atomic mass is 16.7. The van der Waals surface area contributed by atoms with E-state index < -0.39 is 0 Å². The van der Waals surface area contributed by atoms with Gasteiger partial charge in [0.15, 0.2) is 12.6 Å². The van der Waals surface area contributed by atoms with Crippen LogP contribution in [0.4, 0.5) is 0 Å². The molecule has 3 aliphatic rings. The number of ether oxygens (including phenoxy) is 4. The molecule has 3 saturated heterocycles. The molecule has 3 aliphatic heterocycles. The molecule has 0 spiro atoms. The van der Waals surface area contributed by atoms with Crippen molar-refractivity contribution in [2.75, 3.05) is 13.2 Å². The first-order valence-corrected chi connectivity index (χ1v) is 8.22. The Morgan fingerprint density at radius 3 is 2.86 bits per heavy atom. The summed E-state index contributed by atoms with van der Waals surface area (Å²) in [6.45, 7) is 3.45. The Morgan fingerprint density at radius 1 is 1.18 bits per heavy atom. The minimum absolute atomic E-state index is 0.0370. The monoisotopic (exact) mass is 305 g/mol. The lowest BCUT2D eigenvalue weighted by Gasteiger charge is -2.40. The van der Waals surface area contributed by atoms with Crippen molar-refractivity contribution in [1.29, 1.82) is 0 Å². The number of rotatable bonds is 5. The van der Waals surface area contributed by atoms with E-state index in [0.717, 1.165) is 25.0 Å². The molecule has 5 nitrogen and oxygen atoms in total. The van der Waals surface area contributed by atoms with Gasteiger partial charge in [0.2, 0.25) is 0 Å². The van der Waals surface area contributed by atoms with E-state index >= 15 is 0 Å². The molecule has 22 heavy (non-hydrogen) atoms. The molecule has 0 aromatic heterocycles. The zero-order valence-corrected chi connectivity index (χ0v) is 12.8. The first-order valence-electron chi connectivity index (χ1n) is 8.22. The Balaban J connectivity index is 1.38. The molecule has 3 fully saturated rings. The topological polar surface area (TPSA) is 58.9 Å². The van der Waals surface area contributed by atoms with Crippen LogP contribution in [0.1, 0.15) is 31.6 Å². The van der Waals surface area contributed by atoms with E-state index in [-0.39, 0.29) is 30.8 Å². The van der Waals surface area contributed by atoms with Crippen LogP contribution in [0.5, 0.6) is 0 Å². The second-order valence-corrected chi connectivity index (χ2v) is 6.16. The quantitative estimate of drug-likeness (QED) is 0.666. The molecular formula is C17H23NO4. The third kappa shape index (κ3) is 2.79. The lowest BCUT2D eigenvalue weighted by atomic mass is 10.0. The summed E-state index contributed by atoms with van der Waals surface area (Å²) in [4.78, 5) is 0. The van der Waals surface area contributed by atoms with E-state index in [1.165, 1.54) is 0 Å². The Kier molecular flexibility index (Phi) is 4.15. The number of hydrogen-bond acceptors (Lipinski definition) is 5. The van der Waals surface area contributed by atoms with E-state index in [4.69, 9.17) is 18.9 Å². The average molecular weight is 305 g/mol. The van der Waals surface area contributed by atoms with Gasteiger partial charge in [-0.15, -0.1) is 0 Å². The average Bonchev–Trinajstić information content (AvgIpc) is 3.37. The zero-order chi connectivity index (χ0) is 14.9. The van der Waals surface area contributed by atoms with E-state index in [1.54, 1.807) is 0 Å². The number of unbranched alkanes of at least 4 members (excludes halogenated alkanes) is 1. The van der Waals surface area contributed by atoms with E-state index in [2.05, 4.69) is 12.2 Å². The number of nitrogens with one attached hydrogen (secondary N) is 1. The van der Waals surface area contributed by atoms with Crippen LogP contribution in [-0.4, -0.2) is 43.8 Å². The summed E-state index contributed by atoms with van der Waals surface area (Å²) in [6, 6.07) is 10.6. The number of hydrogen-bond donors (Lipinski definition) is 1. The minimum Gasteiger partial charge on any atom is -0.351 e. The zero-order valence-electron chi connectivity index (χ0n) is 12.8. The standard InChI is InChI=1S/C17H23NO4/c1-2-3-9-19-17-14-13(18-14)15-12(21-17)10-20-16(22-15)11-7-5-4-6-8-11/h4-8,12-18H,2-3,9-10H2,1H3/t12-,13+,14-,15-,16-,17-/m1/s1. The Morgan fingerprint density at radius 2 is 2.05 bits per heavy atom. The van der Waals surface area contributed by atoms with Gasteiger partial charge < -0.3 is 24.3 Å². The lowest BCUT2D eigenvalue weighted by Crippen LogP contribution is -2.52. The van der Waals surface area contributed by atoms with E-state index in [0.29, 0.717) is 12.6 Å². The van der Waals surface area contributed by atoms with Crippen LogP contribution in [0.2, 0.25) is 0 Å². The Bertz CT molecular complexity index is 497. The molecule has 4 rings (SSSR count). The normalized spacial score (nSPS) is 39.9. The minimum atomic E-state index is -0.299. The van der Waals surface area contributed by atoms with Gasteiger partial charge in [-0.25, -0.2) is 0 Å². The summed E-state index contributed by atoms with van der Waals surface area (Å²) in [5, 5.41) is 3.45. The third-order valence-electron chi connectivity index (χ3n) is 4.53. The molecule has 120 valence electrons. The molecule has 0 unspecified atom stereocenters. The molecular weight excluding hydrogens is 282 g/mol. The van der Waals surface area contributed by atoms with Crippen molar-refractivity contribution in [1.82, 2.24) is 5.32 Å². The van der Waals surface area contributed by atoms with Crippen LogP contribution >= 0.6 is 0 Å². The summed E-state index contributed by atoms with van der Waals surface area (Å²) < 4.78 is 23.9. The maximum atomic E-state index is 6.14. The van der Waals surface area contributed by atoms with Crippen LogP contribution in [0, 0.1) is 0 Å². The molecule has 0 radical (unpaired) electrons. The summed E-state index contributed by atoms with van der Waals surface area (Å²) in [7, 11) is 0. The lowest BCUT2D eigenvalue weighted by molar-refractivity contribution is -0.307. The maximum absolute atomic E-state index is 6.14. The van der Waals surface area contributed by atoms with Crippen molar-refractivity contribution in [3.8, 4) is 0 Å². The van der Waals surface area contributed by atoms with Gasteiger partial charge in [0.25, 0.3) is 0 Å². The largest absolute Gasteiger partial charge is 0.351 e. The highest BCUT2D eigenvalue weighted by molar-refractivity contribution is 5.18. The van der Waals surface area contributed by atoms with Crippen LogP contribution in [0.3, 0.4) is 0 Å². The Hall–Kier alpha value is -0.980. The number of fused-ring (bicyclic) bond motifs is 3. The predicted molar refractivity (Wildman–Crippen MR) is 80.2 cm³/mol. The second-order valence-electron chi connectivity index (χ2n) is 6.16. The fourth-order valence-corrected chi connectivity index (χ4v) is 3.22. The first-order chi connectivity index (χ1) is 10.9. The smallest absolute Gasteiger partial charge is 0.184 e. The van der Waals surface area contributed by atoms with Crippen molar-refractivity contribution < 1.29 is 18.9 Å². The molecule has 1 aromatic rings. The highest BCUT2D eigenvalue weighted by Crippen LogP contribution is 2.39. The van der Waals surface area contributed by atoms with Crippen LogP contribution in [0.15, 0.2) is 30.3 Å². The molecule has 6 atom stereocenters. The van der Waals surface area contributed by atoms with Crippen LogP contribution in [0.25, 0.3) is 0 Å². The second kappa shape index (κ2) is 6.26. The van der Waals surface area contributed by atoms with E-state index in [9.17, 15) is 0 Å². The summed E-state index contributed by atoms with van der Waals surface area (Å²) in [5.74, 6) is 0. The molecule has 3 heterocycles. The summed E-state index contributed by atoms with van der Waals surface area (Å²) in [5.41, 5.74) is 1.06. The van der Waals surface area contributed by atoms with Gasteiger partial charge in [-0.2, -0.15) is 0 Å². The van der Waals surface area contributed by atoms with Gasteiger partial charge in [-0.1, -0.05) is 43.7 Å². The highest BCUT2D eigenvalue weighted by Gasteiger charge is 2.58. The van der Waals surface area contributed by atoms with Crippen LogP contribution < -0.4 is 5.32 Å². The fraction of sp³-hybridized carbons (Fsp3) is 0.647. The fourth-order valence-electron chi connectivity index (χ4n) is 3.22. The third-order valence-corrected chi connectivity index (χ3v) is 4.53. The van der Waals surface area contributed by atoms with Crippen molar-refractivity contribution >= 4 is 0 Å². The van der Waals surface area contributed by atoms with Gasteiger partial charge in [0.1, 0.15) is 12.2 Å². The van der Waals surface area contributed by atoms with Gasteiger partial charge in [-0.05, 0) is 6.42 Å². The van der Waals surface area contributed by atoms with Gasteiger partial charge >= 0.3 is 0 Å². The molecule has 1 N–H and O–H groups in total. The van der Waals surface area contributed by atoms with Gasteiger partial charge in [-0.3, -0.25) is 0 Å². The molecule has 0 aliphatic carbocycles. The molecule has 0 saturated carbocycles. The van der Waals surface area contributed by atoms with Crippen LogP contribution in [-0.2, 0) is 18.9 Å². The molecule has 0 bridgehead atoms. The van der Waals surface area contributed by atoms with Gasteiger partial charge in [0, 0.05) is 12.2 Å². The molecule has 5 heteroatoms.